The summed E-state index contributed by atoms with van der Waals surface area (Å²) in [6, 6.07) is 7.62. The van der Waals surface area contributed by atoms with Crippen LogP contribution in [0.3, 0.4) is 0 Å². The van der Waals surface area contributed by atoms with Crippen LogP contribution in [0.25, 0.3) is 0 Å². The number of carbonyl (C=O) groups is 1. The van der Waals surface area contributed by atoms with E-state index in [4.69, 9.17) is 10.5 Å². The summed E-state index contributed by atoms with van der Waals surface area (Å²) in [5, 5.41) is 3.44. The highest BCUT2D eigenvalue weighted by molar-refractivity contribution is 5.93. The Morgan fingerprint density at radius 2 is 2.17 bits per heavy atom. The van der Waals surface area contributed by atoms with Crippen LogP contribution in [0.5, 0.6) is 0 Å². The number of hydrogen-bond donors (Lipinski definition) is 2. The molecule has 1 aliphatic carbocycles. The van der Waals surface area contributed by atoms with E-state index in [9.17, 15) is 4.79 Å². The van der Waals surface area contributed by atoms with Gasteiger partial charge in [-0.05, 0) is 31.0 Å². The van der Waals surface area contributed by atoms with Crippen molar-refractivity contribution in [1.29, 1.82) is 0 Å². The average Bonchev–Trinajstić information content (AvgIpc) is 2.39. The molecule has 18 heavy (non-hydrogen) atoms. The van der Waals surface area contributed by atoms with Crippen LogP contribution in [0.2, 0.25) is 0 Å². The lowest BCUT2D eigenvalue weighted by atomic mass is 9.92. The van der Waals surface area contributed by atoms with Gasteiger partial charge in [0.15, 0.2) is 0 Å². The molecule has 1 aromatic rings. The fourth-order valence-corrected chi connectivity index (χ4v) is 2.52. The van der Waals surface area contributed by atoms with Crippen molar-refractivity contribution in [2.75, 3.05) is 12.4 Å². The minimum absolute atomic E-state index is 0.246. The number of ether oxygens (including phenoxy) is 1. The summed E-state index contributed by atoms with van der Waals surface area (Å²) < 4.78 is 5.50. The minimum atomic E-state index is -0.398. The Hall–Kier alpha value is -1.55. The number of benzene rings is 1. The van der Waals surface area contributed by atoms with Gasteiger partial charge in [0.05, 0.1) is 12.1 Å². The molecule has 0 saturated heterocycles. The molecule has 2 rings (SSSR count). The first-order valence-electron chi connectivity index (χ1n) is 6.40. The van der Waals surface area contributed by atoms with Crippen LogP contribution in [-0.2, 0) is 4.74 Å². The Bertz CT molecular complexity index is 420. The van der Waals surface area contributed by atoms with Gasteiger partial charge in [-0.15, -0.1) is 0 Å². The number of primary amides is 1. The molecule has 2 atom stereocenters. The van der Waals surface area contributed by atoms with Gasteiger partial charge in [-0.25, -0.2) is 0 Å². The first-order valence-corrected chi connectivity index (χ1v) is 6.40. The quantitative estimate of drug-likeness (QED) is 0.858. The predicted molar refractivity (Wildman–Crippen MR) is 71.6 cm³/mol. The molecule has 3 N–H and O–H groups in total. The normalized spacial score (nSPS) is 23.6. The lowest BCUT2D eigenvalue weighted by molar-refractivity contribution is 0.0606. The molecule has 2 unspecified atom stereocenters. The first-order chi connectivity index (χ1) is 8.70. The van der Waals surface area contributed by atoms with E-state index in [0.29, 0.717) is 11.6 Å². The van der Waals surface area contributed by atoms with Crippen molar-refractivity contribution in [3.63, 3.8) is 0 Å². The standard InChI is InChI=1S/C14H20N2O2/c1-18-13-8-3-2-7-12(13)16-11-6-4-5-10(9-11)14(15)17/h4-6,9,12-13,16H,2-3,7-8H2,1H3,(H2,15,17). The third kappa shape index (κ3) is 3.01. The zero-order chi connectivity index (χ0) is 13.0. The molecule has 0 aromatic heterocycles. The van der Waals surface area contributed by atoms with Gasteiger partial charge >= 0.3 is 0 Å². The molecule has 1 amide bonds. The van der Waals surface area contributed by atoms with Gasteiger partial charge in [-0.1, -0.05) is 18.9 Å². The number of rotatable bonds is 4. The van der Waals surface area contributed by atoms with Gasteiger partial charge in [-0.2, -0.15) is 0 Å². The second-order valence-electron chi connectivity index (χ2n) is 4.75. The smallest absolute Gasteiger partial charge is 0.248 e. The molecule has 98 valence electrons. The molecule has 1 aromatic carbocycles. The molecule has 0 heterocycles. The van der Waals surface area contributed by atoms with Gasteiger partial charge < -0.3 is 15.8 Å². The molecule has 1 fully saturated rings. The summed E-state index contributed by atoms with van der Waals surface area (Å²) >= 11 is 0. The Kier molecular flexibility index (Phi) is 4.20. The number of nitrogens with two attached hydrogens (primary N) is 1. The highest BCUT2D eigenvalue weighted by atomic mass is 16.5. The van der Waals surface area contributed by atoms with Crippen LogP contribution in [0.4, 0.5) is 5.69 Å². The van der Waals surface area contributed by atoms with Crippen molar-refractivity contribution in [1.82, 2.24) is 0 Å². The zero-order valence-electron chi connectivity index (χ0n) is 10.7. The maximum atomic E-state index is 11.1. The number of carbonyl (C=O) groups excluding carboxylic acids is 1. The molecular formula is C14H20N2O2. The Morgan fingerprint density at radius 3 is 2.89 bits per heavy atom. The summed E-state index contributed by atoms with van der Waals surface area (Å²) in [7, 11) is 1.75. The van der Waals surface area contributed by atoms with Crippen molar-refractivity contribution in [3.8, 4) is 0 Å². The van der Waals surface area contributed by atoms with Gasteiger partial charge in [0.25, 0.3) is 0 Å². The van der Waals surface area contributed by atoms with E-state index in [2.05, 4.69) is 5.32 Å². The molecular weight excluding hydrogens is 228 g/mol. The van der Waals surface area contributed by atoms with Crippen LogP contribution < -0.4 is 11.1 Å². The van der Waals surface area contributed by atoms with E-state index in [1.165, 1.54) is 12.8 Å². The second-order valence-corrected chi connectivity index (χ2v) is 4.75. The van der Waals surface area contributed by atoms with Gasteiger partial charge in [0, 0.05) is 18.4 Å². The van der Waals surface area contributed by atoms with Crippen LogP contribution >= 0.6 is 0 Å². The summed E-state index contributed by atoms with van der Waals surface area (Å²) in [6.07, 6.45) is 4.87. The SMILES string of the molecule is COC1CCCCC1Nc1cccc(C(N)=O)c1. The number of amides is 1. The fourth-order valence-electron chi connectivity index (χ4n) is 2.52. The van der Waals surface area contributed by atoms with Crippen LogP contribution in [0, 0.1) is 0 Å². The Morgan fingerprint density at radius 1 is 1.39 bits per heavy atom. The molecule has 0 radical (unpaired) electrons. The lowest BCUT2D eigenvalue weighted by Gasteiger charge is -2.31. The summed E-state index contributed by atoms with van der Waals surface area (Å²) in [6.45, 7) is 0. The molecule has 0 spiro atoms. The number of methoxy groups -OCH3 is 1. The van der Waals surface area contributed by atoms with E-state index >= 15 is 0 Å². The maximum Gasteiger partial charge on any atom is 0.248 e. The number of anilines is 1. The van der Waals surface area contributed by atoms with Crippen molar-refractivity contribution >= 4 is 11.6 Å². The van der Waals surface area contributed by atoms with E-state index in [0.717, 1.165) is 18.5 Å². The summed E-state index contributed by atoms with van der Waals surface area (Å²) in [5.41, 5.74) is 6.74. The Labute approximate surface area is 108 Å². The van der Waals surface area contributed by atoms with Crippen molar-refractivity contribution in [2.24, 2.45) is 5.73 Å². The minimum Gasteiger partial charge on any atom is -0.380 e. The van der Waals surface area contributed by atoms with E-state index < -0.39 is 5.91 Å². The van der Waals surface area contributed by atoms with Crippen molar-refractivity contribution < 1.29 is 9.53 Å². The van der Waals surface area contributed by atoms with Gasteiger partial charge in [-0.3, -0.25) is 4.79 Å². The van der Waals surface area contributed by atoms with E-state index in [1.54, 1.807) is 19.2 Å². The zero-order valence-corrected chi connectivity index (χ0v) is 10.7. The van der Waals surface area contributed by atoms with Crippen LogP contribution in [0.1, 0.15) is 36.0 Å². The summed E-state index contributed by atoms with van der Waals surface area (Å²) in [4.78, 5) is 11.1. The second kappa shape index (κ2) is 5.87. The fraction of sp³-hybridized carbons (Fsp3) is 0.500. The van der Waals surface area contributed by atoms with Crippen LogP contribution in [0.15, 0.2) is 24.3 Å². The maximum absolute atomic E-state index is 11.1. The summed E-state index contributed by atoms with van der Waals surface area (Å²) in [5.74, 6) is -0.398. The molecule has 1 saturated carbocycles. The molecule has 0 aliphatic heterocycles. The van der Waals surface area contributed by atoms with Crippen molar-refractivity contribution in [3.05, 3.63) is 29.8 Å². The predicted octanol–water partition coefficient (Wildman–Crippen LogP) is 2.16. The molecule has 4 heteroatoms. The topological polar surface area (TPSA) is 64.3 Å². The monoisotopic (exact) mass is 248 g/mol. The average molecular weight is 248 g/mol. The Balaban J connectivity index is 2.07. The lowest BCUT2D eigenvalue weighted by Crippen LogP contribution is -2.37. The largest absolute Gasteiger partial charge is 0.380 e. The van der Waals surface area contributed by atoms with E-state index in [1.807, 2.05) is 12.1 Å². The van der Waals surface area contributed by atoms with Gasteiger partial charge in [0.1, 0.15) is 0 Å². The molecule has 1 aliphatic rings. The van der Waals surface area contributed by atoms with Crippen molar-refractivity contribution in [2.45, 2.75) is 37.8 Å². The van der Waals surface area contributed by atoms with E-state index in [-0.39, 0.29) is 6.10 Å². The van der Waals surface area contributed by atoms with Crippen LogP contribution in [-0.4, -0.2) is 25.2 Å². The highest BCUT2D eigenvalue weighted by Crippen LogP contribution is 2.24. The third-order valence-corrected chi connectivity index (χ3v) is 3.50. The number of hydrogen-bond acceptors (Lipinski definition) is 3. The molecule has 0 bridgehead atoms. The van der Waals surface area contributed by atoms with Gasteiger partial charge in [0.2, 0.25) is 5.91 Å². The first kappa shape index (κ1) is 12.9. The highest BCUT2D eigenvalue weighted by Gasteiger charge is 2.24. The molecule has 4 nitrogen and oxygen atoms in total. The third-order valence-electron chi connectivity index (χ3n) is 3.50. The number of nitrogens with one attached hydrogen (secondary N) is 1.